The van der Waals surface area contributed by atoms with Crippen LogP contribution in [0.4, 0.5) is 0 Å². The summed E-state index contributed by atoms with van der Waals surface area (Å²) >= 11 is 0. The summed E-state index contributed by atoms with van der Waals surface area (Å²) in [5, 5.41) is 0.185. The monoisotopic (exact) mass is 483 g/mol. The van der Waals surface area contributed by atoms with Crippen LogP contribution in [0.15, 0.2) is 62.1 Å². The molecule has 1 aliphatic rings. The lowest BCUT2D eigenvalue weighted by Crippen LogP contribution is -2.26. The van der Waals surface area contributed by atoms with Crippen LogP contribution in [0.5, 0.6) is 0 Å². The first kappa shape index (κ1) is 24.1. The van der Waals surface area contributed by atoms with Crippen LogP contribution in [0, 0.1) is 19.8 Å². The number of nitrogens with zero attached hydrogens (tertiary/aromatic N) is 1. The molecule has 31 heavy (non-hydrogen) atoms. The van der Waals surface area contributed by atoms with Gasteiger partial charge in [0.25, 0.3) is 20.1 Å². The summed E-state index contributed by atoms with van der Waals surface area (Å²) in [5.41, 5.74) is 1.99. The third kappa shape index (κ3) is 6.47. The highest BCUT2D eigenvalue weighted by Crippen LogP contribution is 2.29. The molecule has 0 aliphatic heterocycles. The van der Waals surface area contributed by atoms with Gasteiger partial charge in [0.15, 0.2) is 0 Å². The number of rotatable bonds is 7. The lowest BCUT2D eigenvalue weighted by Gasteiger charge is -2.28. The molecular formula is C22H29NO5S3. The minimum absolute atomic E-state index is 0.141. The molecule has 9 heteroatoms. The minimum Gasteiger partial charge on any atom is -0.266 e. The van der Waals surface area contributed by atoms with Crippen LogP contribution >= 0.6 is 0 Å². The van der Waals surface area contributed by atoms with Gasteiger partial charge in [0.05, 0.1) is 16.4 Å². The topological polar surface area (TPSA) is 89.9 Å². The Morgan fingerprint density at radius 3 is 1.84 bits per heavy atom. The van der Waals surface area contributed by atoms with Gasteiger partial charge in [-0.2, -0.15) is 16.8 Å². The van der Waals surface area contributed by atoms with Gasteiger partial charge in [-0.1, -0.05) is 46.1 Å². The molecule has 1 fully saturated rings. The lowest BCUT2D eigenvalue weighted by molar-refractivity contribution is 0.215. The van der Waals surface area contributed by atoms with Crippen LogP contribution in [0.1, 0.15) is 36.8 Å². The van der Waals surface area contributed by atoms with Crippen molar-refractivity contribution in [3.05, 3.63) is 59.7 Å². The number of sulfonamides is 1. The Morgan fingerprint density at radius 1 is 0.839 bits per heavy atom. The predicted octanol–water partition coefficient (Wildman–Crippen LogP) is 4.39. The fraction of sp³-hybridized carbons (Fsp3) is 0.455. The summed E-state index contributed by atoms with van der Waals surface area (Å²) in [4.78, 5) is 0.392. The molecule has 2 aromatic carbocycles. The number of hydrogen-bond acceptors (Lipinski definition) is 5. The van der Waals surface area contributed by atoms with Crippen molar-refractivity contribution in [2.45, 2.75) is 54.6 Å². The van der Waals surface area contributed by atoms with E-state index in [1.54, 1.807) is 48.5 Å². The summed E-state index contributed by atoms with van der Waals surface area (Å²) in [6, 6.07) is 13.3. The first-order valence-electron chi connectivity index (χ1n) is 10.2. The van der Waals surface area contributed by atoms with Gasteiger partial charge in [-0.05, 0) is 76.0 Å². The van der Waals surface area contributed by atoms with E-state index in [9.17, 15) is 16.8 Å². The molecule has 0 saturated heterocycles. The SMILES string of the molecule is Cc1ccc(S(=O)(=O)N=S(C)C2CCC(COS(=O)(=O)c3ccc(C)cc3)CC2)cc1. The molecule has 0 bridgehead atoms. The van der Waals surface area contributed by atoms with Gasteiger partial charge in [-0.25, -0.2) is 0 Å². The smallest absolute Gasteiger partial charge is 0.266 e. The normalized spacial score (nSPS) is 21.1. The molecule has 0 spiro atoms. The van der Waals surface area contributed by atoms with Crippen molar-refractivity contribution in [3.63, 3.8) is 0 Å². The summed E-state index contributed by atoms with van der Waals surface area (Å²) in [6.07, 6.45) is 5.09. The zero-order valence-corrected chi connectivity index (χ0v) is 20.5. The third-order valence-electron chi connectivity index (χ3n) is 5.58. The van der Waals surface area contributed by atoms with E-state index < -0.39 is 30.8 Å². The van der Waals surface area contributed by atoms with E-state index >= 15 is 0 Å². The minimum atomic E-state index is -3.76. The highest BCUT2D eigenvalue weighted by Gasteiger charge is 2.26. The van der Waals surface area contributed by atoms with Crippen molar-refractivity contribution in [3.8, 4) is 0 Å². The molecule has 0 radical (unpaired) electrons. The van der Waals surface area contributed by atoms with Gasteiger partial charge in [0, 0.05) is 5.25 Å². The second-order valence-electron chi connectivity index (χ2n) is 8.08. The van der Waals surface area contributed by atoms with E-state index in [0.717, 1.165) is 36.8 Å². The van der Waals surface area contributed by atoms with Gasteiger partial charge in [-0.15, -0.1) is 3.77 Å². The maximum atomic E-state index is 12.6. The second-order valence-corrected chi connectivity index (χ2v) is 13.4. The van der Waals surface area contributed by atoms with E-state index in [1.807, 2.05) is 20.1 Å². The molecule has 1 saturated carbocycles. The average Bonchev–Trinajstić information content (AvgIpc) is 2.73. The van der Waals surface area contributed by atoms with Gasteiger partial charge in [0.1, 0.15) is 0 Å². The van der Waals surface area contributed by atoms with Crippen LogP contribution in [-0.4, -0.2) is 34.9 Å². The van der Waals surface area contributed by atoms with Gasteiger partial charge < -0.3 is 0 Å². The van der Waals surface area contributed by atoms with Gasteiger partial charge >= 0.3 is 0 Å². The van der Waals surface area contributed by atoms with E-state index in [4.69, 9.17) is 4.18 Å². The number of aryl methyl sites for hydroxylation is 2. The molecule has 0 heterocycles. The Labute approximate surface area is 188 Å². The Bertz CT molecular complexity index is 1130. The van der Waals surface area contributed by atoms with Crippen molar-refractivity contribution < 1.29 is 21.0 Å². The van der Waals surface area contributed by atoms with Gasteiger partial charge in [0.2, 0.25) is 0 Å². The summed E-state index contributed by atoms with van der Waals surface area (Å²) in [6.45, 7) is 3.96. The number of hydrogen-bond donors (Lipinski definition) is 0. The van der Waals surface area contributed by atoms with E-state index in [-0.39, 0.29) is 27.6 Å². The fourth-order valence-electron chi connectivity index (χ4n) is 3.57. The lowest BCUT2D eigenvalue weighted by atomic mass is 9.90. The highest BCUT2D eigenvalue weighted by atomic mass is 32.3. The van der Waals surface area contributed by atoms with Crippen molar-refractivity contribution >= 4 is 30.8 Å². The Kier molecular flexibility index (Phi) is 7.72. The molecule has 3 rings (SSSR count). The maximum absolute atomic E-state index is 12.6. The van der Waals surface area contributed by atoms with Crippen LogP contribution in [-0.2, 0) is 35.0 Å². The van der Waals surface area contributed by atoms with Crippen LogP contribution < -0.4 is 0 Å². The van der Waals surface area contributed by atoms with Crippen LogP contribution in [0.2, 0.25) is 0 Å². The zero-order chi connectivity index (χ0) is 22.6. The highest BCUT2D eigenvalue weighted by molar-refractivity contribution is 8.00. The van der Waals surface area contributed by atoms with Crippen molar-refractivity contribution in [1.29, 1.82) is 0 Å². The van der Waals surface area contributed by atoms with Gasteiger partial charge in [-0.3, -0.25) is 4.18 Å². The Morgan fingerprint density at radius 2 is 1.32 bits per heavy atom. The van der Waals surface area contributed by atoms with E-state index in [2.05, 4.69) is 3.77 Å². The second kappa shape index (κ2) is 9.94. The molecule has 6 nitrogen and oxygen atoms in total. The Hall–Kier alpha value is -1.55. The molecule has 1 atom stereocenters. The molecule has 1 unspecified atom stereocenters. The predicted molar refractivity (Wildman–Crippen MR) is 124 cm³/mol. The van der Waals surface area contributed by atoms with Crippen molar-refractivity contribution in [2.75, 3.05) is 12.9 Å². The van der Waals surface area contributed by atoms with Crippen LogP contribution in [0.3, 0.4) is 0 Å². The number of benzene rings is 2. The molecule has 0 aromatic heterocycles. The molecule has 0 amide bonds. The van der Waals surface area contributed by atoms with Crippen molar-refractivity contribution in [2.24, 2.45) is 9.69 Å². The molecular weight excluding hydrogens is 454 g/mol. The van der Waals surface area contributed by atoms with Crippen LogP contribution in [0.25, 0.3) is 0 Å². The standard InChI is InChI=1S/C22H29NO5S3/c1-17-4-12-21(13-5-17)30(24,25)23-29(3)20-10-8-19(9-11-20)16-28-31(26,27)22-14-6-18(2)7-15-22/h4-7,12-15,19-20H,8-11,16H2,1-3H3. The van der Waals surface area contributed by atoms with Crippen molar-refractivity contribution in [1.82, 2.24) is 0 Å². The molecule has 170 valence electrons. The summed E-state index contributed by atoms with van der Waals surface area (Å²) in [5.74, 6) is 0.141. The quantitative estimate of drug-likeness (QED) is 0.545. The zero-order valence-electron chi connectivity index (χ0n) is 18.0. The van der Waals surface area contributed by atoms with E-state index in [1.165, 1.54) is 0 Å². The fourth-order valence-corrected chi connectivity index (χ4v) is 8.05. The van der Waals surface area contributed by atoms with E-state index in [0.29, 0.717) is 0 Å². The third-order valence-corrected chi connectivity index (χ3v) is 10.9. The summed E-state index contributed by atoms with van der Waals surface area (Å²) in [7, 11) is -8.05. The molecule has 2 aromatic rings. The first-order valence-corrected chi connectivity index (χ1v) is 14.7. The average molecular weight is 484 g/mol. The largest absolute Gasteiger partial charge is 0.296 e. The Balaban J connectivity index is 1.55. The summed E-state index contributed by atoms with van der Waals surface area (Å²) < 4.78 is 59.4. The maximum Gasteiger partial charge on any atom is 0.296 e. The molecule has 1 aliphatic carbocycles. The molecule has 0 N–H and O–H groups in total. The first-order chi connectivity index (χ1) is 14.6.